The van der Waals surface area contributed by atoms with Crippen LogP contribution in [0, 0.1) is 0 Å². The van der Waals surface area contributed by atoms with Gasteiger partial charge in [-0.2, -0.15) is 5.10 Å². The predicted octanol–water partition coefficient (Wildman–Crippen LogP) is -0.256. The van der Waals surface area contributed by atoms with Crippen molar-refractivity contribution < 1.29 is 8.42 Å². The molecule has 1 aliphatic rings. The van der Waals surface area contributed by atoms with E-state index in [0.29, 0.717) is 6.54 Å². The third-order valence-corrected chi connectivity index (χ3v) is 4.41. The summed E-state index contributed by atoms with van der Waals surface area (Å²) in [7, 11) is -2.78. The van der Waals surface area contributed by atoms with Gasteiger partial charge in [0.25, 0.3) is 0 Å². The summed E-state index contributed by atoms with van der Waals surface area (Å²) in [4.78, 5) is 0. The first kappa shape index (κ1) is 10.6. The maximum absolute atomic E-state index is 11.1. The Labute approximate surface area is 89.2 Å². The molecule has 0 aliphatic carbocycles. The minimum Gasteiger partial charge on any atom is -0.330 e. The minimum atomic E-state index is -2.78. The van der Waals surface area contributed by atoms with E-state index in [1.54, 1.807) is 6.20 Å². The summed E-state index contributed by atoms with van der Waals surface area (Å²) in [6, 6.07) is 1.97. The lowest BCUT2D eigenvalue weighted by atomic mass is 10.2. The molecular formula is C9H15N3O2S. The van der Waals surface area contributed by atoms with Gasteiger partial charge in [0.15, 0.2) is 9.84 Å². The molecule has 0 bridgehead atoms. The van der Waals surface area contributed by atoms with Crippen LogP contribution in [0.1, 0.15) is 18.2 Å². The number of hydrogen-bond acceptors (Lipinski definition) is 4. The Bertz CT molecular complexity index is 426. The van der Waals surface area contributed by atoms with Crippen LogP contribution in [0.5, 0.6) is 0 Å². The standard InChI is InChI=1S/C9H15N3O2S/c10-4-1-2-8-3-5-11-12(8)9-6-15(13,14)7-9/h3,5,9H,1-2,4,6-7,10H2. The average molecular weight is 229 g/mol. The van der Waals surface area contributed by atoms with E-state index in [2.05, 4.69) is 5.10 Å². The molecule has 2 N–H and O–H groups in total. The van der Waals surface area contributed by atoms with Crippen molar-refractivity contribution in [1.82, 2.24) is 9.78 Å². The third-order valence-electron chi connectivity index (χ3n) is 2.63. The van der Waals surface area contributed by atoms with E-state index in [4.69, 9.17) is 5.73 Å². The summed E-state index contributed by atoms with van der Waals surface area (Å²) in [5.74, 6) is 0.453. The molecule has 1 aliphatic heterocycles. The van der Waals surface area contributed by atoms with Gasteiger partial charge in [-0.3, -0.25) is 4.68 Å². The van der Waals surface area contributed by atoms with E-state index in [1.807, 2.05) is 10.7 Å². The van der Waals surface area contributed by atoms with Crippen LogP contribution < -0.4 is 5.73 Å². The van der Waals surface area contributed by atoms with Crippen LogP contribution in [0.3, 0.4) is 0 Å². The molecule has 0 atom stereocenters. The van der Waals surface area contributed by atoms with E-state index < -0.39 is 9.84 Å². The number of nitrogens with two attached hydrogens (primary N) is 1. The molecule has 1 aromatic rings. The van der Waals surface area contributed by atoms with E-state index in [-0.39, 0.29) is 17.5 Å². The molecule has 0 radical (unpaired) electrons. The molecule has 2 heterocycles. The van der Waals surface area contributed by atoms with Gasteiger partial charge in [-0.15, -0.1) is 0 Å². The summed E-state index contributed by atoms with van der Waals surface area (Å²) in [5, 5.41) is 4.17. The molecule has 1 saturated heterocycles. The topological polar surface area (TPSA) is 78.0 Å². The molecule has 2 rings (SSSR count). The number of aryl methyl sites for hydroxylation is 1. The van der Waals surface area contributed by atoms with E-state index >= 15 is 0 Å². The zero-order chi connectivity index (χ0) is 10.9. The van der Waals surface area contributed by atoms with Crippen molar-refractivity contribution >= 4 is 9.84 Å². The van der Waals surface area contributed by atoms with E-state index in [0.717, 1.165) is 18.5 Å². The zero-order valence-corrected chi connectivity index (χ0v) is 9.28. The lowest BCUT2D eigenvalue weighted by Crippen LogP contribution is -2.39. The van der Waals surface area contributed by atoms with Gasteiger partial charge < -0.3 is 5.73 Å². The average Bonchev–Trinajstić information content (AvgIpc) is 2.58. The number of nitrogens with zero attached hydrogens (tertiary/aromatic N) is 2. The predicted molar refractivity (Wildman–Crippen MR) is 57.3 cm³/mol. The van der Waals surface area contributed by atoms with Crippen molar-refractivity contribution in [2.24, 2.45) is 5.73 Å². The molecular weight excluding hydrogens is 214 g/mol. The molecule has 0 unspecified atom stereocenters. The fraction of sp³-hybridized carbons (Fsp3) is 0.667. The maximum atomic E-state index is 11.1. The lowest BCUT2D eigenvalue weighted by Gasteiger charge is -2.27. The van der Waals surface area contributed by atoms with Gasteiger partial charge in [-0.05, 0) is 25.5 Å². The number of hydrogen-bond donors (Lipinski definition) is 1. The molecule has 5 nitrogen and oxygen atoms in total. The third kappa shape index (κ3) is 2.21. The summed E-state index contributed by atoms with van der Waals surface area (Å²) in [6.07, 6.45) is 3.50. The molecule has 1 fully saturated rings. The highest BCUT2D eigenvalue weighted by Crippen LogP contribution is 2.24. The smallest absolute Gasteiger partial charge is 0.154 e. The highest BCUT2D eigenvalue weighted by atomic mass is 32.2. The molecule has 1 aromatic heterocycles. The first-order chi connectivity index (χ1) is 7.12. The second-order valence-electron chi connectivity index (χ2n) is 3.89. The normalized spacial score (nSPS) is 20.1. The summed E-state index contributed by atoms with van der Waals surface area (Å²) in [5.41, 5.74) is 6.52. The molecule has 0 amide bonds. The van der Waals surface area contributed by atoms with Crippen molar-refractivity contribution in [3.8, 4) is 0 Å². The number of aromatic nitrogens is 2. The van der Waals surface area contributed by atoms with Crippen LogP contribution in [0.4, 0.5) is 0 Å². The Morgan fingerprint density at radius 2 is 2.27 bits per heavy atom. The Morgan fingerprint density at radius 1 is 1.53 bits per heavy atom. The fourth-order valence-electron chi connectivity index (χ4n) is 1.83. The maximum Gasteiger partial charge on any atom is 0.154 e. The Kier molecular flexibility index (Phi) is 2.79. The van der Waals surface area contributed by atoms with Crippen LogP contribution in [-0.2, 0) is 16.3 Å². The lowest BCUT2D eigenvalue weighted by molar-refractivity contribution is 0.458. The first-order valence-corrected chi connectivity index (χ1v) is 6.87. The Morgan fingerprint density at radius 3 is 2.87 bits per heavy atom. The highest BCUT2D eigenvalue weighted by Gasteiger charge is 2.35. The van der Waals surface area contributed by atoms with Gasteiger partial charge in [0.2, 0.25) is 0 Å². The van der Waals surface area contributed by atoms with Gasteiger partial charge in [0, 0.05) is 11.9 Å². The van der Waals surface area contributed by atoms with Gasteiger partial charge >= 0.3 is 0 Å². The fourth-order valence-corrected chi connectivity index (χ4v) is 3.19. The molecule has 0 saturated carbocycles. The quantitative estimate of drug-likeness (QED) is 0.772. The van der Waals surface area contributed by atoms with Gasteiger partial charge in [-0.25, -0.2) is 8.42 Å². The summed E-state index contributed by atoms with van der Waals surface area (Å²) in [6.45, 7) is 0.647. The van der Waals surface area contributed by atoms with Crippen LogP contribution in [0.2, 0.25) is 0 Å². The van der Waals surface area contributed by atoms with Gasteiger partial charge in [0.1, 0.15) is 0 Å². The largest absolute Gasteiger partial charge is 0.330 e. The number of sulfone groups is 1. The monoisotopic (exact) mass is 229 g/mol. The minimum absolute atomic E-state index is 0.0396. The van der Waals surface area contributed by atoms with Gasteiger partial charge in [-0.1, -0.05) is 0 Å². The molecule has 6 heteroatoms. The molecule has 15 heavy (non-hydrogen) atoms. The van der Waals surface area contributed by atoms with Crippen LogP contribution >= 0.6 is 0 Å². The van der Waals surface area contributed by atoms with Crippen LogP contribution in [-0.4, -0.2) is 36.2 Å². The van der Waals surface area contributed by atoms with Crippen LogP contribution in [0.15, 0.2) is 12.3 Å². The van der Waals surface area contributed by atoms with Crippen molar-refractivity contribution in [3.05, 3.63) is 18.0 Å². The highest BCUT2D eigenvalue weighted by molar-refractivity contribution is 7.92. The van der Waals surface area contributed by atoms with Crippen molar-refractivity contribution in [2.75, 3.05) is 18.1 Å². The second-order valence-corrected chi connectivity index (χ2v) is 6.04. The first-order valence-electron chi connectivity index (χ1n) is 5.05. The molecule has 0 aromatic carbocycles. The Hall–Kier alpha value is -0.880. The summed E-state index contributed by atoms with van der Waals surface area (Å²) >= 11 is 0. The van der Waals surface area contributed by atoms with Crippen molar-refractivity contribution in [2.45, 2.75) is 18.9 Å². The van der Waals surface area contributed by atoms with E-state index in [1.165, 1.54) is 0 Å². The summed E-state index contributed by atoms with van der Waals surface area (Å²) < 4.78 is 23.9. The van der Waals surface area contributed by atoms with Crippen LogP contribution in [0.25, 0.3) is 0 Å². The SMILES string of the molecule is NCCCc1ccnn1C1CS(=O)(=O)C1. The van der Waals surface area contributed by atoms with Crippen molar-refractivity contribution in [1.29, 1.82) is 0 Å². The zero-order valence-electron chi connectivity index (χ0n) is 8.46. The molecule has 84 valence electrons. The second kappa shape index (κ2) is 3.94. The Balaban J connectivity index is 2.06. The van der Waals surface area contributed by atoms with E-state index in [9.17, 15) is 8.42 Å². The van der Waals surface area contributed by atoms with Gasteiger partial charge in [0.05, 0.1) is 17.5 Å². The molecule has 0 spiro atoms. The van der Waals surface area contributed by atoms with Crippen molar-refractivity contribution in [3.63, 3.8) is 0 Å². The number of rotatable bonds is 4.